The largest absolute Gasteiger partial charge is 0.444 e. The Morgan fingerprint density at radius 1 is 1.18 bits per heavy atom. The van der Waals surface area contributed by atoms with Gasteiger partial charge in [0.2, 0.25) is 5.91 Å². The molecule has 152 valence electrons. The minimum Gasteiger partial charge on any atom is -0.444 e. The molecule has 1 saturated heterocycles. The number of hydrogen-bond donors (Lipinski definition) is 1. The van der Waals surface area contributed by atoms with Gasteiger partial charge in [0.05, 0.1) is 6.20 Å². The predicted molar refractivity (Wildman–Crippen MR) is 110 cm³/mol. The first-order chi connectivity index (χ1) is 13.2. The van der Waals surface area contributed by atoms with Gasteiger partial charge in [-0.3, -0.25) is 9.69 Å². The Balaban J connectivity index is 1.42. The number of ether oxygens (including phenoxy) is 1. The van der Waals surface area contributed by atoms with Crippen molar-refractivity contribution < 1.29 is 14.3 Å². The number of imidazole rings is 1. The molecule has 0 radical (unpaired) electrons. The van der Waals surface area contributed by atoms with Gasteiger partial charge in [0.15, 0.2) is 5.82 Å². The second-order valence-electron chi connectivity index (χ2n) is 7.85. The predicted octanol–water partition coefficient (Wildman–Crippen LogP) is 2.98. The number of carbonyl (C=O) groups is 2. The lowest BCUT2D eigenvalue weighted by Gasteiger charge is -2.35. The maximum atomic E-state index is 12.2. The smallest absolute Gasteiger partial charge is 0.410 e. The van der Waals surface area contributed by atoms with Gasteiger partial charge in [-0.25, -0.2) is 9.78 Å². The summed E-state index contributed by atoms with van der Waals surface area (Å²) in [5.41, 5.74) is 0.289. The number of aromatic nitrogens is 2. The number of anilines is 1. The van der Waals surface area contributed by atoms with Crippen LogP contribution in [0.3, 0.4) is 0 Å². The van der Waals surface area contributed by atoms with Gasteiger partial charge < -0.3 is 19.4 Å². The Hall–Kier alpha value is -2.13. The third-order valence-electron chi connectivity index (χ3n) is 4.36. The first-order valence-electron chi connectivity index (χ1n) is 9.34. The van der Waals surface area contributed by atoms with Crippen LogP contribution in [0.25, 0.3) is 5.65 Å². The molecule has 0 bridgehead atoms. The van der Waals surface area contributed by atoms with Gasteiger partial charge >= 0.3 is 6.09 Å². The van der Waals surface area contributed by atoms with Crippen molar-refractivity contribution in [1.29, 1.82) is 0 Å². The van der Waals surface area contributed by atoms with Gasteiger partial charge in [-0.2, -0.15) is 0 Å². The number of nitrogens with zero attached hydrogens (tertiary/aromatic N) is 4. The first-order valence-corrected chi connectivity index (χ1v) is 10.1. The van der Waals surface area contributed by atoms with Gasteiger partial charge in [0.25, 0.3) is 0 Å². The molecule has 1 aliphatic heterocycles. The van der Waals surface area contributed by atoms with Gasteiger partial charge in [0.1, 0.15) is 11.2 Å². The first kappa shape index (κ1) is 20.6. The topological polar surface area (TPSA) is 79.2 Å². The molecule has 8 nitrogen and oxygen atoms in total. The Bertz CT molecular complexity index is 853. The third kappa shape index (κ3) is 5.68. The zero-order valence-corrected chi connectivity index (χ0v) is 18.0. The average Bonchev–Trinajstić information content (AvgIpc) is 3.00. The van der Waals surface area contributed by atoms with E-state index in [-0.39, 0.29) is 12.0 Å². The Labute approximate surface area is 173 Å². The molecule has 3 heterocycles. The van der Waals surface area contributed by atoms with E-state index < -0.39 is 5.60 Å². The van der Waals surface area contributed by atoms with Crippen molar-refractivity contribution >= 4 is 39.4 Å². The summed E-state index contributed by atoms with van der Waals surface area (Å²) in [6.07, 6.45) is 3.78. The van der Waals surface area contributed by atoms with E-state index in [1.165, 1.54) is 0 Å². The summed E-state index contributed by atoms with van der Waals surface area (Å²) in [6, 6.07) is 3.79. The summed E-state index contributed by atoms with van der Waals surface area (Å²) >= 11 is 3.41. The number of pyridine rings is 1. The number of halogens is 1. The van der Waals surface area contributed by atoms with Crippen molar-refractivity contribution in [3.8, 4) is 0 Å². The Morgan fingerprint density at radius 3 is 2.57 bits per heavy atom. The fourth-order valence-corrected chi connectivity index (χ4v) is 3.32. The molecular weight excluding hydrogens is 426 g/mol. The second-order valence-corrected chi connectivity index (χ2v) is 8.76. The normalized spacial score (nSPS) is 15.6. The fourth-order valence-electron chi connectivity index (χ4n) is 2.97. The molecule has 0 unspecified atom stereocenters. The standard InChI is InChI=1S/C19H26BrN5O3/c1-19(2,3)28-18(27)24-10-8-23(9-11-24)7-6-17(26)22-15-13-25-12-14(20)4-5-16(25)21-15/h4-5,12-13H,6-11H2,1-3H3,(H,22,26). The summed E-state index contributed by atoms with van der Waals surface area (Å²) in [6.45, 7) is 8.91. The summed E-state index contributed by atoms with van der Waals surface area (Å²) in [7, 11) is 0. The molecule has 0 aromatic carbocycles. The monoisotopic (exact) mass is 451 g/mol. The Kier molecular flexibility index (Phi) is 6.24. The summed E-state index contributed by atoms with van der Waals surface area (Å²) in [5.74, 6) is 0.467. The van der Waals surface area contributed by atoms with E-state index in [9.17, 15) is 9.59 Å². The van der Waals surface area contributed by atoms with Gasteiger partial charge in [-0.1, -0.05) is 0 Å². The number of piperazine rings is 1. The van der Waals surface area contributed by atoms with E-state index in [0.29, 0.717) is 31.9 Å². The lowest BCUT2D eigenvalue weighted by molar-refractivity contribution is -0.116. The van der Waals surface area contributed by atoms with Crippen LogP contribution in [0, 0.1) is 0 Å². The Morgan fingerprint density at radius 2 is 1.89 bits per heavy atom. The van der Waals surface area contributed by atoms with Gasteiger partial charge in [-0.05, 0) is 48.8 Å². The molecule has 2 aromatic heterocycles. The van der Waals surface area contributed by atoms with Crippen LogP contribution >= 0.6 is 15.9 Å². The molecule has 28 heavy (non-hydrogen) atoms. The molecule has 2 amide bonds. The lowest BCUT2D eigenvalue weighted by Crippen LogP contribution is -2.50. The number of fused-ring (bicyclic) bond motifs is 1. The lowest BCUT2D eigenvalue weighted by atomic mass is 10.2. The highest BCUT2D eigenvalue weighted by molar-refractivity contribution is 9.10. The molecule has 0 spiro atoms. The maximum Gasteiger partial charge on any atom is 0.410 e. The van der Waals surface area contributed by atoms with Crippen LogP contribution in [-0.4, -0.2) is 69.5 Å². The third-order valence-corrected chi connectivity index (χ3v) is 4.83. The minimum atomic E-state index is -0.486. The van der Waals surface area contributed by atoms with Crippen LogP contribution in [-0.2, 0) is 9.53 Å². The van der Waals surface area contributed by atoms with E-state index in [2.05, 4.69) is 31.1 Å². The van der Waals surface area contributed by atoms with Gasteiger partial charge in [0, 0.05) is 49.8 Å². The molecule has 0 aliphatic carbocycles. The molecule has 0 saturated carbocycles. The van der Waals surface area contributed by atoms with Crippen LogP contribution in [0.4, 0.5) is 10.6 Å². The van der Waals surface area contributed by atoms with Crippen molar-refractivity contribution in [2.75, 3.05) is 38.0 Å². The van der Waals surface area contributed by atoms with E-state index in [4.69, 9.17) is 4.74 Å². The molecule has 9 heteroatoms. The highest BCUT2D eigenvalue weighted by Crippen LogP contribution is 2.15. The van der Waals surface area contributed by atoms with Crippen LogP contribution in [0.5, 0.6) is 0 Å². The van der Waals surface area contributed by atoms with Crippen molar-refractivity contribution in [3.05, 3.63) is 29.0 Å². The van der Waals surface area contributed by atoms with E-state index >= 15 is 0 Å². The molecule has 3 rings (SSSR count). The highest BCUT2D eigenvalue weighted by atomic mass is 79.9. The van der Waals surface area contributed by atoms with Crippen molar-refractivity contribution in [1.82, 2.24) is 19.2 Å². The number of nitrogens with one attached hydrogen (secondary N) is 1. The summed E-state index contributed by atoms with van der Waals surface area (Å²) < 4.78 is 8.20. The summed E-state index contributed by atoms with van der Waals surface area (Å²) in [5, 5.41) is 2.85. The zero-order valence-electron chi connectivity index (χ0n) is 16.4. The molecule has 2 aromatic rings. The molecule has 0 atom stereocenters. The van der Waals surface area contributed by atoms with Crippen molar-refractivity contribution in [2.24, 2.45) is 0 Å². The van der Waals surface area contributed by atoms with E-state index in [1.807, 2.05) is 43.5 Å². The fraction of sp³-hybridized carbons (Fsp3) is 0.526. The number of amides is 2. The second kappa shape index (κ2) is 8.48. The maximum absolute atomic E-state index is 12.2. The van der Waals surface area contributed by atoms with Crippen LogP contribution in [0.15, 0.2) is 29.0 Å². The van der Waals surface area contributed by atoms with Gasteiger partial charge in [-0.15, -0.1) is 0 Å². The quantitative estimate of drug-likeness (QED) is 0.772. The van der Waals surface area contributed by atoms with Crippen LogP contribution in [0.1, 0.15) is 27.2 Å². The van der Waals surface area contributed by atoms with Crippen molar-refractivity contribution in [3.63, 3.8) is 0 Å². The van der Waals surface area contributed by atoms with E-state index in [0.717, 1.165) is 23.2 Å². The molecule has 1 fully saturated rings. The number of hydrogen-bond acceptors (Lipinski definition) is 5. The van der Waals surface area contributed by atoms with Crippen molar-refractivity contribution in [2.45, 2.75) is 32.8 Å². The average molecular weight is 452 g/mol. The number of carbonyl (C=O) groups excluding carboxylic acids is 2. The highest BCUT2D eigenvalue weighted by Gasteiger charge is 2.25. The van der Waals surface area contributed by atoms with E-state index in [1.54, 1.807) is 11.1 Å². The minimum absolute atomic E-state index is 0.0722. The van der Waals surface area contributed by atoms with Crippen LogP contribution < -0.4 is 5.32 Å². The number of rotatable bonds is 4. The molecular formula is C19H26BrN5O3. The molecule has 1 aliphatic rings. The molecule has 1 N–H and O–H groups in total. The van der Waals surface area contributed by atoms with Crippen LogP contribution in [0.2, 0.25) is 0 Å². The zero-order chi connectivity index (χ0) is 20.3. The SMILES string of the molecule is CC(C)(C)OC(=O)N1CCN(CCC(=O)Nc2cn3cc(Br)ccc3n2)CC1. The summed E-state index contributed by atoms with van der Waals surface area (Å²) in [4.78, 5) is 32.6.